The van der Waals surface area contributed by atoms with Gasteiger partial charge in [0.25, 0.3) is 0 Å². The fraction of sp³-hybridized carbons (Fsp3) is 0.300. The lowest BCUT2D eigenvalue weighted by Gasteiger charge is -2.20. The van der Waals surface area contributed by atoms with Crippen LogP contribution < -0.4 is 11.5 Å². The predicted molar refractivity (Wildman–Crippen MR) is 53.5 cm³/mol. The van der Waals surface area contributed by atoms with Crippen molar-refractivity contribution in [3.05, 3.63) is 35.4 Å². The molecule has 0 amide bonds. The van der Waals surface area contributed by atoms with E-state index in [0.717, 1.165) is 5.56 Å². The highest BCUT2D eigenvalue weighted by atomic mass is 16.4. The summed E-state index contributed by atoms with van der Waals surface area (Å²) in [7, 11) is 0. The van der Waals surface area contributed by atoms with E-state index in [9.17, 15) is 4.79 Å². The van der Waals surface area contributed by atoms with Crippen LogP contribution in [-0.2, 0) is 16.9 Å². The summed E-state index contributed by atoms with van der Waals surface area (Å²) >= 11 is 0. The highest BCUT2D eigenvalue weighted by Gasteiger charge is 2.29. The van der Waals surface area contributed by atoms with Gasteiger partial charge in [-0.3, -0.25) is 0 Å². The zero-order valence-electron chi connectivity index (χ0n) is 8.03. The van der Waals surface area contributed by atoms with Gasteiger partial charge in [0, 0.05) is 6.54 Å². The van der Waals surface area contributed by atoms with Crippen LogP contribution in [0.4, 0.5) is 0 Å². The number of rotatable bonds is 3. The number of hydrogen-bond acceptors (Lipinski definition) is 3. The number of carbonyl (C=O) groups is 1. The van der Waals surface area contributed by atoms with E-state index in [1.165, 1.54) is 6.92 Å². The zero-order valence-corrected chi connectivity index (χ0v) is 8.03. The number of nitrogens with two attached hydrogens (primary N) is 2. The third-order valence-electron chi connectivity index (χ3n) is 2.21. The Morgan fingerprint density at radius 1 is 1.57 bits per heavy atom. The summed E-state index contributed by atoms with van der Waals surface area (Å²) in [6.45, 7) is 1.84. The number of benzene rings is 1. The average Bonchev–Trinajstić information content (AvgIpc) is 2.17. The van der Waals surface area contributed by atoms with Gasteiger partial charge in [0.2, 0.25) is 0 Å². The molecule has 0 fully saturated rings. The minimum atomic E-state index is -1.36. The SMILES string of the molecule is CC(N)(C(=O)O)c1cccc(CN)c1. The summed E-state index contributed by atoms with van der Waals surface area (Å²) in [6.07, 6.45) is 0. The molecule has 1 aromatic rings. The molecule has 0 aliphatic rings. The molecular weight excluding hydrogens is 180 g/mol. The Morgan fingerprint density at radius 2 is 2.21 bits per heavy atom. The molecule has 14 heavy (non-hydrogen) atoms. The minimum Gasteiger partial charge on any atom is -0.480 e. The summed E-state index contributed by atoms with van der Waals surface area (Å²) in [5.41, 5.74) is 11.2. The van der Waals surface area contributed by atoms with Gasteiger partial charge in [-0.05, 0) is 18.1 Å². The number of carboxylic acids is 1. The Labute approximate surface area is 82.5 Å². The Hall–Kier alpha value is -1.39. The summed E-state index contributed by atoms with van der Waals surface area (Å²) in [5, 5.41) is 8.90. The van der Waals surface area contributed by atoms with Crippen molar-refractivity contribution >= 4 is 5.97 Å². The highest BCUT2D eigenvalue weighted by Crippen LogP contribution is 2.18. The second-order valence-corrected chi connectivity index (χ2v) is 3.41. The number of carboxylic acid groups (broad SMARTS) is 1. The van der Waals surface area contributed by atoms with E-state index in [1.54, 1.807) is 18.2 Å². The van der Waals surface area contributed by atoms with Crippen LogP contribution in [-0.4, -0.2) is 11.1 Å². The van der Waals surface area contributed by atoms with Crippen molar-refractivity contribution in [2.24, 2.45) is 11.5 Å². The third kappa shape index (κ3) is 1.92. The van der Waals surface area contributed by atoms with E-state index < -0.39 is 11.5 Å². The average molecular weight is 194 g/mol. The van der Waals surface area contributed by atoms with Crippen molar-refractivity contribution in [1.29, 1.82) is 0 Å². The van der Waals surface area contributed by atoms with Crippen molar-refractivity contribution in [3.63, 3.8) is 0 Å². The number of aliphatic carboxylic acids is 1. The number of hydrogen-bond donors (Lipinski definition) is 3. The first-order valence-electron chi connectivity index (χ1n) is 4.30. The fourth-order valence-electron chi connectivity index (χ4n) is 1.14. The van der Waals surface area contributed by atoms with Crippen molar-refractivity contribution in [1.82, 2.24) is 0 Å². The molecule has 1 aromatic carbocycles. The highest BCUT2D eigenvalue weighted by molar-refractivity contribution is 5.79. The Balaban J connectivity index is 3.12. The molecule has 0 aromatic heterocycles. The molecule has 1 rings (SSSR count). The zero-order chi connectivity index (χ0) is 10.8. The van der Waals surface area contributed by atoms with Gasteiger partial charge in [-0.2, -0.15) is 0 Å². The Kier molecular flexibility index (Phi) is 2.88. The Morgan fingerprint density at radius 3 is 2.71 bits per heavy atom. The molecule has 0 spiro atoms. The predicted octanol–water partition coefficient (Wildman–Crippen LogP) is 0.404. The smallest absolute Gasteiger partial charge is 0.328 e. The molecule has 1 unspecified atom stereocenters. The third-order valence-corrected chi connectivity index (χ3v) is 2.21. The second kappa shape index (κ2) is 3.77. The first-order valence-corrected chi connectivity index (χ1v) is 4.30. The molecule has 4 nitrogen and oxygen atoms in total. The van der Waals surface area contributed by atoms with Crippen LogP contribution in [0.5, 0.6) is 0 Å². The van der Waals surface area contributed by atoms with E-state index in [1.807, 2.05) is 6.07 Å². The molecule has 76 valence electrons. The molecule has 5 N–H and O–H groups in total. The summed E-state index contributed by atoms with van der Waals surface area (Å²) in [5.74, 6) is -1.05. The Bertz CT molecular complexity index is 348. The van der Waals surface area contributed by atoms with Gasteiger partial charge in [-0.15, -0.1) is 0 Å². The fourth-order valence-corrected chi connectivity index (χ4v) is 1.14. The van der Waals surface area contributed by atoms with Crippen LogP contribution in [0.2, 0.25) is 0 Å². The topological polar surface area (TPSA) is 89.3 Å². The first kappa shape index (κ1) is 10.7. The van der Waals surface area contributed by atoms with Crippen molar-refractivity contribution < 1.29 is 9.90 Å². The van der Waals surface area contributed by atoms with E-state index in [4.69, 9.17) is 16.6 Å². The minimum absolute atomic E-state index is 0.379. The lowest BCUT2D eigenvalue weighted by atomic mass is 9.92. The molecule has 0 radical (unpaired) electrons. The maximum Gasteiger partial charge on any atom is 0.328 e. The summed E-state index contributed by atoms with van der Waals surface area (Å²) < 4.78 is 0. The summed E-state index contributed by atoms with van der Waals surface area (Å²) in [4.78, 5) is 10.9. The monoisotopic (exact) mass is 194 g/mol. The van der Waals surface area contributed by atoms with E-state index in [2.05, 4.69) is 0 Å². The van der Waals surface area contributed by atoms with Crippen LogP contribution in [0.1, 0.15) is 18.1 Å². The molecule has 0 bridgehead atoms. The first-order chi connectivity index (χ1) is 6.48. The molecule has 0 saturated heterocycles. The van der Waals surface area contributed by atoms with Crippen LogP contribution in [0, 0.1) is 0 Å². The molecule has 4 heteroatoms. The lowest BCUT2D eigenvalue weighted by Crippen LogP contribution is -2.41. The molecule has 0 heterocycles. The normalized spacial score (nSPS) is 14.8. The molecule has 0 saturated carbocycles. The standard InChI is InChI=1S/C10H14N2O2/c1-10(12,9(13)14)8-4-2-3-7(5-8)6-11/h2-5H,6,11-12H2,1H3,(H,13,14). The van der Waals surface area contributed by atoms with E-state index in [0.29, 0.717) is 12.1 Å². The van der Waals surface area contributed by atoms with Crippen LogP contribution in [0.25, 0.3) is 0 Å². The van der Waals surface area contributed by atoms with Crippen molar-refractivity contribution in [2.45, 2.75) is 19.0 Å². The maximum atomic E-state index is 10.9. The molecule has 0 aliphatic heterocycles. The second-order valence-electron chi connectivity index (χ2n) is 3.41. The molecule has 1 atom stereocenters. The van der Waals surface area contributed by atoms with Crippen molar-refractivity contribution in [2.75, 3.05) is 0 Å². The maximum absolute atomic E-state index is 10.9. The van der Waals surface area contributed by atoms with Gasteiger partial charge in [0.1, 0.15) is 5.54 Å². The van der Waals surface area contributed by atoms with E-state index in [-0.39, 0.29) is 0 Å². The molecular formula is C10H14N2O2. The van der Waals surface area contributed by atoms with Gasteiger partial charge in [-0.1, -0.05) is 24.3 Å². The largest absolute Gasteiger partial charge is 0.480 e. The van der Waals surface area contributed by atoms with Crippen molar-refractivity contribution in [3.8, 4) is 0 Å². The molecule has 0 aliphatic carbocycles. The van der Waals surface area contributed by atoms with Crippen LogP contribution in [0.15, 0.2) is 24.3 Å². The van der Waals surface area contributed by atoms with Crippen LogP contribution >= 0.6 is 0 Å². The lowest BCUT2D eigenvalue weighted by molar-refractivity contribution is -0.143. The van der Waals surface area contributed by atoms with Gasteiger partial charge >= 0.3 is 5.97 Å². The van der Waals surface area contributed by atoms with Gasteiger partial charge in [-0.25, -0.2) is 4.79 Å². The van der Waals surface area contributed by atoms with E-state index >= 15 is 0 Å². The summed E-state index contributed by atoms with van der Waals surface area (Å²) in [6, 6.07) is 6.99. The van der Waals surface area contributed by atoms with Crippen LogP contribution in [0.3, 0.4) is 0 Å². The van der Waals surface area contributed by atoms with Gasteiger partial charge in [0.05, 0.1) is 0 Å². The van der Waals surface area contributed by atoms with Gasteiger partial charge in [0.15, 0.2) is 0 Å². The van der Waals surface area contributed by atoms with Gasteiger partial charge < -0.3 is 16.6 Å². The quantitative estimate of drug-likeness (QED) is 0.650.